The molecule has 22 heavy (non-hydrogen) atoms. The van der Waals surface area contributed by atoms with Crippen LogP contribution in [-0.2, 0) is 11.4 Å². The van der Waals surface area contributed by atoms with Crippen LogP contribution in [0.15, 0.2) is 47.3 Å². The zero-order valence-corrected chi connectivity index (χ0v) is 13.0. The van der Waals surface area contributed by atoms with Crippen LogP contribution in [0, 0.1) is 0 Å². The molecule has 1 aliphatic rings. The molecule has 1 aromatic heterocycles. The van der Waals surface area contributed by atoms with Crippen molar-refractivity contribution < 1.29 is 4.74 Å². The average Bonchev–Trinajstić information content (AvgIpc) is 2.49. The Morgan fingerprint density at radius 2 is 1.77 bits per heavy atom. The SMILES string of the molecule is C[C@@H]1CN(Cn2nc(-c3ccccc3)ccc2=O)C[C@H](C)O1. The third-order valence-electron chi connectivity index (χ3n) is 3.77. The Labute approximate surface area is 130 Å². The highest BCUT2D eigenvalue weighted by atomic mass is 16.5. The van der Waals surface area contributed by atoms with Crippen molar-refractivity contribution in [1.29, 1.82) is 0 Å². The highest BCUT2D eigenvalue weighted by Crippen LogP contribution is 2.15. The maximum atomic E-state index is 12.1. The largest absolute Gasteiger partial charge is 0.373 e. The number of hydrogen-bond acceptors (Lipinski definition) is 4. The Kier molecular flexibility index (Phi) is 4.36. The molecular weight excluding hydrogens is 278 g/mol. The fourth-order valence-electron chi connectivity index (χ4n) is 2.90. The predicted octanol–water partition coefficient (Wildman–Crippen LogP) is 1.98. The molecule has 2 heterocycles. The van der Waals surface area contributed by atoms with Gasteiger partial charge in [-0.25, -0.2) is 4.68 Å². The molecule has 1 aromatic carbocycles. The van der Waals surface area contributed by atoms with E-state index in [0.29, 0.717) is 6.67 Å². The minimum absolute atomic E-state index is 0.0773. The van der Waals surface area contributed by atoms with Gasteiger partial charge in [-0.05, 0) is 19.9 Å². The number of nitrogens with zero attached hydrogens (tertiary/aromatic N) is 3. The monoisotopic (exact) mass is 299 g/mol. The molecule has 5 heteroatoms. The minimum Gasteiger partial charge on any atom is -0.373 e. The molecule has 0 unspecified atom stereocenters. The van der Waals surface area contributed by atoms with E-state index in [9.17, 15) is 4.79 Å². The standard InChI is InChI=1S/C17H21N3O2/c1-13-10-19(11-14(2)22-13)12-20-17(21)9-8-16(18-20)15-6-4-3-5-7-15/h3-9,13-14H,10-12H2,1-2H3/t13-,14+. The molecule has 0 radical (unpaired) electrons. The number of benzene rings is 1. The summed E-state index contributed by atoms with van der Waals surface area (Å²) >= 11 is 0. The molecule has 0 saturated carbocycles. The van der Waals surface area contributed by atoms with Crippen LogP contribution in [0.3, 0.4) is 0 Å². The van der Waals surface area contributed by atoms with Crippen LogP contribution < -0.4 is 5.56 Å². The summed E-state index contributed by atoms with van der Waals surface area (Å²) in [6.45, 7) is 6.23. The maximum Gasteiger partial charge on any atom is 0.268 e. The minimum atomic E-state index is -0.0773. The lowest BCUT2D eigenvalue weighted by Crippen LogP contribution is -2.47. The van der Waals surface area contributed by atoms with Crippen molar-refractivity contribution in [3.8, 4) is 11.3 Å². The van der Waals surface area contributed by atoms with E-state index in [1.165, 1.54) is 4.68 Å². The first kappa shape index (κ1) is 14.9. The van der Waals surface area contributed by atoms with Gasteiger partial charge in [-0.2, -0.15) is 5.10 Å². The van der Waals surface area contributed by atoms with Crippen LogP contribution in [0.5, 0.6) is 0 Å². The van der Waals surface area contributed by atoms with E-state index in [0.717, 1.165) is 24.3 Å². The fraction of sp³-hybridized carbons (Fsp3) is 0.412. The molecule has 1 saturated heterocycles. The number of ether oxygens (including phenoxy) is 1. The van der Waals surface area contributed by atoms with Gasteiger partial charge in [-0.15, -0.1) is 0 Å². The lowest BCUT2D eigenvalue weighted by Gasteiger charge is -2.35. The van der Waals surface area contributed by atoms with Crippen molar-refractivity contribution in [2.45, 2.75) is 32.7 Å². The van der Waals surface area contributed by atoms with E-state index >= 15 is 0 Å². The fourth-order valence-corrected chi connectivity index (χ4v) is 2.90. The first-order valence-electron chi connectivity index (χ1n) is 7.63. The average molecular weight is 299 g/mol. The van der Waals surface area contributed by atoms with E-state index in [2.05, 4.69) is 23.8 Å². The van der Waals surface area contributed by atoms with Crippen LogP contribution in [0.25, 0.3) is 11.3 Å². The van der Waals surface area contributed by atoms with Crippen molar-refractivity contribution >= 4 is 0 Å². The van der Waals surface area contributed by atoms with Crippen LogP contribution in [-0.4, -0.2) is 40.0 Å². The Balaban J connectivity index is 1.83. The Morgan fingerprint density at radius 3 is 2.45 bits per heavy atom. The number of hydrogen-bond donors (Lipinski definition) is 0. The number of aromatic nitrogens is 2. The highest BCUT2D eigenvalue weighted by Gasteiger charge is 2.22. The maximum absolute atomic E-state index is 12.1. The molecule has 0 N–H and O–H groups in total. The van der Waals surface area contributed by atoms with Crippen molar-refractivity contribution in [3.05, 3.63) is 52.8 Å². The number of rotatable bonds is 3. The van der Waals surface area contributed by atoms with Crippen molar-refractivity contribution in [1.82, 2.24) is 14.7 Å². The van der Waals surface area contributed by atoms with Crippen LogP contribution >= 0.6 is 0 Å². The second-order valence-electron chi connectivity index (χ2n) is 5.86. The summed E-state index contributed by atoms with van der Waals surface area (Å²) in [5, 5.41) is 4.51. The summed E-state index contributed by atoms with van der Waals surface area (Å²) in [6, 6.07) is 13.3. The molecular formula is C17H21N3O2. The van der Waals surface area contributed by atoms with E-state index in [-0.39, 0.29) is 17.8 Å². The Bertz CT molecular complexity index is 674. The molecule has 0 amide bonds. The molecule has 0 aliphatic carbocycles. The van der Waals surface area contributed by atoms with Gasteiger partial charge in [0.05, 0.1) is 24.6 Å². The molecule has 3 rings (SSSR count). The summed E-state index contributed by atoms with van der Waals surface area (Å²) in [7, 11) is 0. The molecule has 5 nitrogen and oxygen atoms in total. The molecule has 2 aromatic rings. The van der Waals surface area contributed by atoms with Crippen LogP contribution in [0.4, 0.5) is 0 Å². The summed E-state index contributed by atoms with van der Waals surface area (Å²) in [6.07, 6.45) is 0.355. The summed E-state index contributed by atoms with van der Waals surface area (Å²) in [5.41, 5.74) is 1.75. The van der Waals surface area contributed by atoms with Gasteiger partial charge in [0.2, 0.25) is 0 Å². The van der Waals surface area contributed by atoms with Gasteiger partial charge in [0, 0.05) is 24.7 Å². The van der Waals surface area contributed by atoms with Gasteiger partial charge in [-0.3, -0.25) is 9.69 Å². The normalized spacial score (nSPS) is 22.6. The third-order valence-corrected chi connectivity index (χ3v) is 3.77. The Hall–Kier alpha value is -1.98. The topological polar surface area (TPSA) is 47.4 Å². The first-order chi connectivity index (χ1) is 10.6. The van der Waals surface area contributed by atoms with Gasteiger partial charge in [0.25, 0.3) is 5.56 Å². The predicted molar refractivity (Wildman–Crippen MR) is 85.5 cm³/mol. The van der Waals surface area contributed by atoms with E-state index in [1.54, 1.807) is 12.1 Å². The first-order valence-corrected chi connectivity index (χ1v) is 7.63. The molecule has 1 fully saturated rings. The molecule has 2 atom stereocenters. The van der Waals surface area contributed by atoms with E-state index < -0.39 is 0 Å². The lowest BCUT2D eigenvalue weighted by atomic mass is 10.1. The van der Waals surface area contributed by atoms with Gasteiger partial charge in [0.15, 0.2) is 0 Å². The highest BCUT2D eigenvalue weighted by molar-refractivity contribution is 5.57. The zero-order valence-electron chi connectivity index (χ0n) is 13.0. The summed E-state index contributed by atoms with van der Waals surface area (Å²) in [4.78, 5) is 14.3. The quantitative estimate of drug-likeness (QED) is 0.869. The van der Waals surface area contributed by atoms with Crippen LogP contribution in [0.2, 0.25) is 0 Å². The van der Waals surface area contributed by atoms with E-state index in [1.807, 2.05) is 30.3 Å². The molecule has 116 valence electrons. The molecule has 0 spiro atoms. The van der Waals surface area contributed by atoms with Crippen LogP contribution in [0.1, 0.15) is 13.8 Å². The van der Waals surface area contributed by atoms with Crippen molar-refractivity contribution in [2.24, 2.45) is 0 Å². The summed E-state index contributed by atoms with van der Waals surface area (Å²) in [5.74, 6) is 0. The van der Waals surface area contributed by atoms with Gasteiger partial charge in [-0.1, -0.05) is 30.3 Å². The van der Waals surface area contributed by atoms with Gasteiger partial charge >= 0.3 is 0 Å². The van der Waals surface area contributed by atoms with Gasteiger partial charge < -0.3 is 4.74 Å². The molecule has 0 bridgehead atoms. The van der Waals surface area contributed by atoms with E-state index in [4.69, 9.17) is 4.74 Å². The Morgan fingerprint density at radius 1 is 1.09 bits per heavy atom. The summed E-state index contributed by atoms with van der Waals surface area (Å²) < 4.78 is 7.26. The molecule has 1 aliphatic heterocycles. The second kappa shape index (κ2) is 6.42. The second-order valence-corrected chi connectivity index (χ2v) is 5.86. The van der Waals surface area contributed by atoms with Gasteiger partial charge in [0.1, 0.15) is 0 Å². The lowest BCUT2D eigenvalue weighted by molar-refractivity contribution is -0.0779. The van der Waals surface area contributed by atoms with Crippen molar-refractivity contribution in [3.63, 3.8) is 0 Å². The van der Waals surface area contributed by atoms with Crippen molar-refractivity contribution in [2.75, 3.05) is 13.1 Å². The smallest absolute Gasteiger partial charge is 0.268 e. The number of morpholine rings is 1. The zero-order chi connectivity index (χ0) is 15.5. The third kappa shape index (κ3) is 3.43.